The first-order valence-corrected chi connectivity index (χ1v) is 11.0. The molecule has 154 valence electrons. The van der Waals surface area contributed by atoms with Gasteiger partial charge in [0.2, 0.25) is 11.8 Å². The summed E-state index contributed by atoms with van der Waals surface area (Å²) in [5.41, 5.74) is 1.06. The summed E-state index contributed by atoms with van der Waals surface area (Å²) in [6.45, 7) is 2.05. The maximum Gasteiger partial charge on any atom is 0.225 e. The first-order chi connectivity index (χ1) is 13.5. The van der Waals surface area contributed by atoms with Crippen molar-refractivity contribution in [2.24, 2.45) is 11.8 Å². The minimum absolute atomic E-state index is 0.0223. The predicted molar refractivity (Wildman–Crippen MR) is 111 cm³/mol. The summed E-state index contributed by atoms with van der Waals surface area (Å²) in [6.07, 6.45) is 14.1. The molecule has 28 heavy (non-hydrogen) atoms. The zero-order valence-electron chi connectivity index (χ0n) is 17.4. The van der Waals surface area contributed by atoms with Gasteiger partial charge in [-0.15, -0.1) is 0 Å². The molecule has 1 atom stereocenters. The number of hydrogen-bond donors (Lipinski definition) is 1. The Labute approximate surface area is 169 Å². The van der Waals surface area contributed by atoms with Gasteiger partial charge in [0, 0.05) is 37.8 Å². The van der Waals surface area contributed by atoms with Crippen LogP contribution in [0.1, 0.15) is 82.7 Å². The van der Waals surface area contributed by atoms with E-state index >= 15 is 0 Å². The van der Waals surface area contributed by atoms with Crippen LogP contribution in [0, 0.1) is 11.8 Å². The average molecular weight is 386 g/mol. The molecule has 1 heterocycles. The first-order valence-electron chi connectivity index (χ1n) is 11.0. The molecule has 0 saturated heterocycles. The van der Waals surface area contributed by atoms with E-state index in [1.165, 1.54) is 32.1 Å². The molecule has 2 fully saturated rings. The Morgan fingerprint density at radius 1 is 1.14 bits per heavy atom. The molecule has 0 aromatic carbocycles. The highest BCUT2D eigenvalue weighted by molar-refractivity contribution is 5.79. The highest BCUT2D eigenvalue weighted by Gasteiger charge is 2.31. The van der Waals surface area contributed by atoms with Gasteiger partial charge in [-0.05, 0) is 63.0 Å². The Morgan fingerprint density at radius 3 is 2.50 bits per heavy atom. The van der Waals surface area contributed by atoms with Crippen molar-refractivity contribution in [1.29, 1.82) is 0 Å². The first kappa shape index (κ1) is 20.8. The standard InChI is InChI=1S/C23H35N3O2/c1-17(20-9-6-14-24-16-20)26(2)23(28)19-10-12-21(13-11-19)25-22(27)15-18-7-4-3-5-8-18/h6,9,14,16-19,21H,3-5,7-8,10-13,15H2,1-2H3,(H,25,27). The maximum absolute atomic E-state index is 12.9. The Balaban J connectivity index is 1.42. The largest absolute Gasteiger partial charge is 0.353 e. The molecule has 0 bridgehead atoms. The Hall–Kier alpha value is -1.91. The lowest BCUT2D eigenvalue weighted by Gasteiger charge is -2.33. The number of nitrogens with one attached hydrogen (secondary N) is 1. The minimum atomic E-state index is 0.0223. The van der Waals surface area contributed by atoms with Crippen molar-refractivity contribution < 1.29 is 9.59 Å². The molecule has 0 aliphatic heterocycles. The maximum atomic E-state index is 12.9. The smallest absolute Gasteiger partial charge is 0.225 e. The summed E-state index contributed by atoms with van der Waals surface area (Å²) >= 11 is 0. The Kier molecular flexibility index (Phi) is 7.46. The number of aromatic nitrogens is 1. The molecule has 2 saturated carbocycles. The molecule has 2 aliphatic carbocycles. The number of carbonyl (C=O) groups excluding carboxylic acids is 2. The third-order valence-corrected chi connectivity index (χ3v) is 6.74. The Bertz CT molecular complexity index is 635. The van der Waals surface area contributed by atoms with E-state index in [0.29, 0.717) is 12.3 Å². The average Bonchev–Trinajstić information content (AvgIpc) is 2.74. The van der Waals surface area contributed by atoms with E-state index in [-0.39, 0.29) is 29.8 Å². The van der Waals surface area contributed by atoms with Gasteiger partial charge in [0.15, 0.2) is 0 Å². The second-order valence-electron chi connectivity index (χ2n) is 8.74. The van der Waals surface area contributed by atoms with Gasteiger partial charge in [0.1, 0.15) is 0 Å². The van der Waals surface area contributed by atoms with Gasteiger partial charge >= 0.3 is 0 Å². The van der Waals surface area contributed by atoms with Crippen LogP contribution in [0.25, 0.3) is 0 Å². The van der Waals surface area contributed by atoms with E-state index in [4.69, 9.17) is 0 Å². The van der Waals surface area contributed by atoms with Crippen LogP contribution < -0.4 is 5.32 Å². The molecule has 2 amide bonds. The molecule has 5 heteroatoms. The molecular formula is C23H35N3O2. The fourth-order valence-corrected chi connectivity index (χ4v) is 4.75. The molecule has 1 unspecified atom stereocenters. The van der Waals surface area contributed by atoms with Crippen molar-refractivity contribution in [3.8, 4) is 0 Å². The van der Waals surface area contributed by atoms with E-state index in [2.05, 4.69) is 10.3 Å². The summed E-state index contributed by atoms with van der Waals surface area (Å²) in [5, 5.41) is 3.23. The highest BCUT2D eigenvalue weighted by atomic mass is 16.2. The zero-order valence-corrected chi connectivity index (χ0v) is 17.4. The van der Waals surface area contributed by atoms with Crippen LogP contribution in [0.4, 0.5) is 0 Å². The van der Waals surface area contributed by atoms with Crippen LogP contribution in [-0.2, 0) is 9.59 Å². The van der Waals surface area contributed by atoms with Crippen LogP contribution in [-0.4, -0.2) is 34.8 Å². The second kappa shape index (κ2) is 10.0. The number of hydrogen-bond acceptors (Lipinski definition) is 3. The van der Waals surface area contributed by atoms with E-state index in [0.717, 1.165) is 31.2 Å². The molecule has 0 spiro atoms. The number of carbonyl (C=O) groups is 2. The van der Waals surface area contributed by atoms with Crippen LogP contribution in [0.15, 0.2) is 24.5 Å². The van der Waals surface area contributed by atoms with Crippen molar-refractivity contribution in [3.63, 3.8) is 0 Å². The van der Waals surface area contributed by atoms with Crippen LogP contribution in [0.3, 0.4) is 0 Å². The van der Waals surface area contributed by atoms with Crippen molar-refractivity contribution in [2.45, 2.75) is 83.2 Å². The second-order valence-corrected chi connectivity index (χ2v) is 8.74. The number of amides is 2. The highest BCUT2D eigenvalue weighted by Crippen LogP contribution is 2.30. The molecule has 2 aliphatic rings. The van der Waals surface area contributed by atoms with E-state index < -0.39 is 0 Å². The van der Waals surface area contributed by atoms with Gasteiger partial charge in [0.05, 0.1) is 6.04 Å². The third-order valence-electron chi connectivity index (χ3n) is 6.74. The van der Waals surface area contributed by atoms with Crippen LogP contribution in [0.2, 0.25) is 0 Å². The number of pyridine rings is 1. The van der Waals surface area contributed by atoms with E-state index in [1.807, 2.05) is 37.2 Å². The van der Waals surface area contributed by atoms with Crippen LogP contribution >= 0.6 is 0 Å². The van der Waals surface area contributed by atoms with E-state index in [9.17, 15) is 9.59 Å². The van der Waals surface area contributed by atoms with Gasteiger partial charge in [-0.3, -0.25) is 14.6 Å². The van der Waals surface area contributed by atoms with E-state index in [1.54, 1.807) is 6.20 Å². The quantitative estimate of drug-likeness (QED) is 0.796. The lowest BCUT2D eigenvalue weighted by molar-refractivity contribution is -0.137. The van der Waals surface area contributed by atoms with Gasteiger partial charge in [-0.2, -0.15) is 0 Å². The van der Waals surface area contributed by atoms with Gasteiger partial charge in [-0.25, -0.2) is 0 Å². The summed E-state index contributed by atoms with van der Waals surface area (Å²) in [5.74, 6) is 1.07. The van der Waals surface area contributed by atoms with Crippen molar-refractivity contribution in [3.05, 3.63) is 30.1 Å². The lowest BCUT2D eigenvalue weighted by atomic mass is 9.84. The number of rotatable bonds is 6. The summed E-state index contributed by atoms with van der Waals surface area (Å²) in [6, 6.07) is 4.18. The minimum Gasteiger partial charge on any atom is -0.353 e. The summed E-state index contributed by atoms with van der Waals surface area (Å²) in [4.78, 5) is 31.3. The lowest BCUT2D eigenvalue weighted by Crippen LogP contribution is -2.42. The summed E-state index contributed by atoms with van der Waals surface area (Å²) < 4.78 is 0. The fraction of sp³-hybridized carbons (Fsp3) is 0.696. The topological polar surface area (TPSA) is 62.3 Å². The molecule has 5 nitrogen and oxygen atoms in total. The Morgan fingerprint density at radius 2 is 1.86 bits per heavy atom. The zero-order chi connectivity index (χ0) is 19.9. The van der Waals surface area contributed by atoms with Gasteiger partial charge in [0.25, 0.3) is 0 Å². The predicted octanol–water partition coefficient (Wildman–Crippen LogP) is 4.25. The molecule has 0 radical (unpaired) electrons. The summed E-state index contributed by atoms with van der Waals surface area (Å²) in [7, 11) is 1.89. The fourth-order valence-electron chi connectivity index (χ4n) is 4.75. The molecule has 1 aromatic heterocycles. The molecule has 1 N–H and O–H groups in total. The SMILES string of the molecule is CC(c1cccnc1)N(C)C(=O)C1CCC(NC(=O)CC2CCCCC2)CC1. The van der Waals surface area contributed by atoms with Crippen molar-refractivity contribution in [2.75, 3.05) is 7.05 Å². The van der Waals surface area contributed by atoms with Crippen molar-refractivity contribution >= 4 is 11.8 Å². The van der Waals surface area contributed by atoms with Gasteiger partial charge in [-0.1, -0.05) is 25.3 Å². The van der Waals surface area contributed by atoms with Crippen LogP contribution in [0.5, 0.6) is 0 Å². The monoisotopic (exact) mass is 385 g/mol. The molecular weight excluding hydrogens is 350 g/mol. The molecule has 3 rings (SSSR count). The van der Waals surface area contributed by atoms with Crippen molar-refractivity contribution in [1.82, 2.24) is 15.2 Å². The molecule has 1 aromatic rings. The van der Waals surface area contributed by atoms with Gasteiger partial charge < -0.3 is 10.2 Å². The number of nitrogens with zero attached hydrogens (tertiary/aromatic N) is 2. The third kappa shape index (κ3) is 5.55. The normalized spacial score (nSPS) is 24.4.